The summed E-state index contributed by atoms with van der Waals surface area (Å²) in [5.41, 5.74) is 11.3. The number of hydrogen-bond donors (Lipinski definition) is 1. The molecule has 4 aromatic rings. The van der Waals surface area contributed by atoms with E-state index in [4.69, 9.17) is 5.73 Å². The van der Waals surface area contributed by atoms with Gasteiger partial charge in [-0.05, 0) is 65.2 Å². The van der Waals surface area contributed by atoms with Gasteiger partial charge in [0, 0.05) is 40.3 Å². The first-order valence-corrected chi connectivity index (χ1v) is 14.2. The van der Waals surface area contributed by atoms with Gasteiger partial charge in [-0.1, -0.05) is 60.3 Å². The fourth-order valence-corrected chi connectivity index (χ4v) is 7.31. The number of carbonyl (C=O) groups excluding carboxylic acids is 1. The van der Waals surface area contributed by atoms with Crippen molar-refractivity contribution in [3.8, 4) is 11.1 Å². The molecule has 3 heterocycles. The minimum Gasteiger partial charge on any atom is -0.369 e. The number of piperidine rings is 1. The fourth-order valence-electron chi connectivity index (χ4n) is 5.45. The summed E-state index contributed by atoms with van der Waals surface area (Å²) in [6.07, 6.45) is 2.54. The Bertz CT molecular complexity index is 1380. The van der Waals surface area contributed by atoms with Crippen molar-refractivity contribution in [2.75, 3.05) is 18.0 Å². The van der Waals surface area contributed by atoms with E-state index in [0.717, 1.165) is 49.2 Å². The lowest BCUT2D eigenvalue weighted by molar-refractivity contribution is -0.117. The van der Waals surface area contributed by atoms with Gasteiger partial charge in [-0.3, -0.25) is 9.69 Å². The van der Waals surface area contributed by atoms with Crippen LogP contribution in [0.2, 0.25) is 0 Å². The summed E-state index contributed by atoms with van der Waals surface area (Å²) in [5, 5.41) is 2.17. The van der Waals surface area contributed by atoms with E-state index in [0.29, 0.717) is 6.04 Å². The van der Waals surface area contributed by atoms with Crippen molar-refractivity contribution in [3.05, 3.63) is 94.7 Å². The van der Waals surface area contributed by atoms with E-state index in [9.17, 15) is 4.79 Å². The Hall–Kier alpha value is -3.06. The maximum atomic E-state index is 11.7. The average molecular weight is 512 g/mol. The lowest BCUT2D eigenvalue weighted by Gasteiger charge is -2.43. The molecule has 0 radical (unpaired) electrons. The number of rotatable bonds is 6. The Balaban J connectivity index is 1.31. The Kier molecular flexibility index (Phi) is 6.57. The molecule has 182 valence electrons. The summed E-state index contributed by atoms with van der Waals surface area (Å²) < 4.78 is 0. The van der Waals surface area contributed by atoms with Crippen LogP contribution in [-0.2, 0) is 17.8 Å². The SMILES string of the molecule is NC(=O)Cc1ccccc1-c1ccc2c(c1)Sc1ccccc1N2C1CCN(Cc2cccs2)CC1. The lowest BCUT2D eigenvalue weighted by atomic mass is 9.96. The summed E-state index contributed by atoms with van der Waals surface area (Å²) in [7, 11) is 0. The molecule has 2 N–H and O–H groups in total. The molecular weight excluding hydrogens is 482 g/mol. The molecule has 0 bridgehead atoms. The van der Waals surface area contributed by atoms with Gasteiger partial charge in [0.1, 0.15) is 0 Å². The number of carbonyl (C=O) groups is 1. The van der Waals surface area contributed by atoms with Crippen LogP contribution in [0.25, 0.3) is 11.1 Å². The summed E-state index contributed by atoms with van der Waals surface area (Å²) >= 11 is 3.69. The number of nitrogens with two attached hydrogens (primary N) is 1. The molecule has 0 aliphatic carbocycles. The molecule has 0 unspecified atom stereocenters. The summed E-state index contributed by atoms with van der Waals surface area (Å²) in [5.74, 6) is -0.305. The van der Waals surface area contributed by atoms with Crippen LogP contribution in [0.3, 0.4) is 0 Å². The Morgan fingerprint density at radius 2 is 1.67 bits per heavy atom. The van der Waals surface area contributed by atoms with Crippen molar-refractivity contribution in [1.29, 1.82) is 0 Å². The van der Waals surface area contributed by atoms with Gasteiger partial charge in [0.2, 0.25) is 5.91 Å². The Morgan fingerprint density at radius 3 is 2.47 bits per heavy atom. The maximum absolute atomic E-state index is 11.7. The maximum Gasteiger partial charge on any atom is 0.221 e. The molecule has 0 saturated carbocycles. The summed E-state index contributed by atoms with van der Waals surface area (Å²) in [6.45, 7) is 3.28. The third kappa shape index (κ3) is 4.69. The second kappa shape index (κ2) is 10.1. The van der Waals surface area contributed by atoms with Crippen molar-refractivity contribution in [3.63, 3.8) is 0 Å². The van der Waals surface area contributed by atoms with E-state index < -0.39 is 0 Å². The number of hydrogen-bond acceptors (Lipinski definition) is 5. The van der Waals surface area contributed by atoms with E-state index in [-0.39, 0.29) is 12.3 Å². The number of thiophene rings is 1. The third-order valence-electron chi connectivity index (χ3n) is 7.14. The van der Waals surface area contributed by atoms with Crippen LogP contribution in [0.15, 0.2) is 94.0 Å². The van der Waals surface area contributed by atoms with Gasteiger partial charge in [0.25, 0.3) is 0 Å². The second-order valence-corrected chi connectivity index (χ2v) is 11.6. The zero-order valence-corrected chi connectivity index (χ0v) is 21.7. The van der Waals surface area contributed by atoms with Gasteiger partial charge in [-0.15, -0.1) is 11.3 Å². The van der Waals surface area contributed by atoms with Crippen LogP contribution in [0.4, 0.5) is 11.4 Å². The first kappa shape index (κ1) is 23.3. The number of benzene rings is 3. The Morgan fingerprint density at radius 1 is 0.889 bits per heavy atom. The average Bonchev–Trinajstić information content (AvgIpc) is 3.41. The number of primary amides is 1. The highest BCUT2D eigenvalue weighted by Crippen LogP contribution is 2.51. The van der Waals surface area contributed by atoms with Gasteiger partial charge >= 0.3 is 0 Å². The fraction of sp³-hybridized carbons (Fsp3) is 0.233. The van der Waals surface area contributed by atoms with Crippen LogP contribution in [0.1, 0.15) is 23.3 Å². The molecule has 0 atom stereocenters. The van der Waals surface area contributed by atoms with Gasteiger partial charge in [0.15, 0.2) is 0 Å². The van der Waals surface area contributed by atoms with Crippen molar-refractivity contribution in [2.45, 2.75) is 41.6 Å². The number of fused-ring (bicyclic) bond motifs is 2. The van der Waals surface area contributed by atoms with Gasteiger partial charge in [-0.25, -0.2) is 0 Å². The molecule has 6 rings (SSSR count). The quantitative estimate of drug-likeness (QED) is 0.313. The molecule has 1 amide bonds. The second-order valence-electron chi connectivity index (χ2n) is 9.51. The zero-order chi connectivity index (χ0) is 24.5. The molecule has 1 aromatic heterocycles. The van der Waals surface area contributed by atoms with Crippen molar-refractivity contribution >= 4 is 40.4 Å². The van der Waals surface area contributed by atoms with Crippen LogP contribution >= 0.6 is 23.1 Å². The summed E-state index contributed by atoms with van der Waals surface area (Å²) in [4.78, 5) is 20.8. The normalized spacial score (nSPS) is 15.9. The smallest absolute Gasteiger partial charge is 0.221 e. The highest BCUT2D eigenvalue weighted by atomic mass is 32.2. The predicted octanol–water partition coefficient (Wildman–Crippen LogP) is 6.71. The van der Waals surface area contributed by atoms with Crippen molar-refractivity contribution < 1.29 is 4.79 Å². The van der Waals surface area contributed by atoms with E-state index in [1.165, 1.54) is 26.0 Å². The first-order chi connectivity index (χ1) is 17.7. The van der Waals surface area contributed by atoms with Crippen LogP contribution < -0.4 is 10.6 Å². The molecule has 2 aliphatic rings. The molecule has 1 saturated heterocycles. The van der Waals surface area contributed by atoms with E-state index >= 15 is 0 Å². The Labute approximate surface area is 220 Å². The topological polar surface area (TPSA) is 49.6 Å². The third-order valence-corrected chi connectivity index (χ3v) is 9.11. The van der Waals surface area contributed by atoms with Crippen LogP contribution in [0, 0.1) is 0 Å². The van der Waals surface area contributed by atoms with E-state index in [1.54, 1.807) is 0 Å². The van der Waals surface area contributed by atoms with Crippen LogP contribution in [-0.4, -0.2) is 29.9 Å². The molecular formula is C30H29N3OS2. The monoisotopic (exact) mass is 511 g/mol. The minimum absolute atomic E-state index is 0.249. The molecule has 4 nitrogen and oxygen atoms in total. The molecule has 2 aliphatic heterocycles. The van der Waals surface area contributed by atoms with Crippen LogP contribution in [0.5, 0.6) is 0 Å². The van der Waals surface area contributed by atoms with Crippen molar-refractivity contribution in [1.82, 2.24) is 4.90 Å². The highest BCUT2D eigenvalue weighted by molar-refractivity contribution is 7.99. The van der Waals surface area contributed by atoms with Crippen molar-refractivity contribution in [2.24, 2.45) is 5.73 Å². The molecule has 0 spiro atoms. The van der Waals surface area contributed by atoms with Gasteiger partial charge in [-0.2, -0.15) is 0 Å². The van der Waals surface area contributed by atoms with Gasteiger partial charge < -0.3 is 10.6 Å². The number of amides is 1. The highest BCUT2D eigenvalue weighted by Gasteiger charge is 2.32. The standard InChI is InChI=1S/C30H29N3OS2/c31-30(34)19-21-6-1-2-8-25(21)22-11-12-27-29(18-22)36-28-10-4-3-9-26(28)33(27)23-13-15-32(16-14-23)20-24-7-5-17-35-24/h1-12,17-18,23H,13-16,19-20H2,(H2,31,34). The minimum atomic E-state index is -0.305. The first-order valence-electron chi connectivity index (χ1n) is 12.5. The number of anilines is 2. The number of likely N-dealkylation sites (tertiary alicyclic amines) is 1. The molecule has 6 heteroatoms. The molecule has 3 aromatic carbocycles. The van der Waals surface area contributed by atoms with Gasteiger partial charge in [0.05, 0.1) is 17.8 Å². The van der Waals surface area contributed by atoms with E-state index in [1.807, 2.05) is 41.3 Å². The number of para-hydroxylation sites is 1. The predicted molar refractivity (Wildman–Crippen MR) is 150 cm³/mol. The summed E-state index contributed by atoms with van der Waals surface area (Å²) in [6, 6.07) is 28.5. The number of nitrogens with zero attached hydrogens (tertiary/aromatic N) is 2. The molecule has 1 fully saturated rings. The van der Waals surface area contributed by atoms with E-state index in [2.05, 4.69) is 75.8 Å². The largest absolute Gasteiger partial charge is 0.369 e. The lowest BCUT2D eigenvalue weighted by Crippen LogP contribution is -2.43. The zero-order valence-electron chi connectivity index (χ0n) is 20.1. The molecule has 36 heavy (non-hydrogen) atoms.